The van der Waals surface area contributed by atoms with Gasteiger partial charge in [-0.3, -0.25) is 4.79 Å². The van der Waals surface area contributed by atoms with E-state index in [9.17, 15) is 18.0 Å². The van der Waals surface area contributed by atoms with E-state index in [0.29, 0.717) is 17.8 Å². The van der Waals surface area contributed by atoms with Crippen LogP contribution in [0, 0.1) is 0 Å². The number of aliphatic hydroxyl groups is 1. The highest BCUT2D eigenvalue weighted by Gasteiger charge is 2.35. The quantitative estimate of drug-likeness (QED) is 0.325. The lowest BCUT2D eigenvalue weighted by Gasteiger charge is -2.34. The first-order valence-corrected chi connectivity index (χ1v) is 11.2. The van der Waals surface area contributed by atoms with Gasteiger partial charge in [0.15, 0.2) is 0 Å². The van der Waals surface area contributed by atoms with Crippen molar-refractivity contribution < 1.29 is 32.5 Å². The van der Waals surface area contributed by atoms with E-state index >= 15 is 0 Å². The number of amides is 1. The standard InChI is InChI=1S/C26H21F3N2O3.CH4O/c1-15(32)31-17-8-6-16(7-9-17)25-20-4-2-3-5-24(20)33-14-22(25)21-13-30-23-12-18(10-11-19(21)23)34-26(27,28)29;1-2/h2-13,22,25,30H,14H2,1H3,(H,31,32);2H,1H3. The average molecular weight is 499 g/mol. The van der Waals surface area contributed by atoms with Crippen LogP contribution < -0.4 is 14.8 Å². The van der Waals surface area contributed by atoms with Gasteiger partial charge in [0, 0.05) is 60.3 Å². The molecule has 0 radical (unpaired) electrons. The smallest absolute Gasteiger partial charge is 0.493 e. The molecule has 1 amide bonds. The Balaban J connectivity index is 0.00000148. The van der Waals surface area contributed by atoms with Gasteiger partial charge in [0.1, 0.15) is 11.5 Å². The molecule has 1 aliphatic heterocycles. The number of anilines is 1. The molecule has 4 aromatic rings. The van der Waals surface area contributed by atoms with E-state index in [1.54, 1.807) is 6.07 Å². The van der Waals surface area contributed by atoms with Crippen molar-refractivity contribution in [1.82, 2.24) is 4.98 Å². The highest BCUT2D eigenvalue weighted by molar-refractivity contribution is 5.88. The van der Waals surface area contributed by atoms with E-state index in [2.05, 4.69) is 15.0 Å². The van der Waals surface area contributed by atoms with E-state index < -0.39 is 6.36 Å². The molecule has 1 aromatic heterocycles. The van der Waals surface area contributed by atoms with Crippen LogP contribution >= 0.6 is 0 Å². The Labute approximate surface area is 205 Å². The third-order valence-electron chi connectivity index (χ3n) is 5.98. The highest BCUT2D eigenvalue weighted by atomic mass is 19.4. The molecule has 6 nitrogen and oxygen atoms in total. The Morgan fingerprint density at radius 3 is 2.47 bits per heavy atom. The highest BCUT2D eigenvalue weighted by Crippen LogP contribution is 2.47. The SMILES string of the molecule is CC(=O)Nc1ccc(C2c3ccccc3OCC2c2c[nH]c3cc(OC(F)(F)F)ccc23)cc1.CO. The van der Waals surface area contributed by atoms with Crippen LogP contribution in [0.5, 0.6) is 11.5 Å². The number of carbonyl (C=O) groups is 1. The first-order valence-electron chi connectivity index (χ1n) is 11.2. The monoisotopic (exact) mass is 498 g/mol. The third-order valence-corrected chi connectivity index (χ3v) is 5.98. The molecule has 188 valence electrons. The molecule has 0 bridgehead atoms. The molecule has 36 heavy (non-hydrogen) atoms. The van der Waals surface area contributed by atoms with Gasteiger partial charge in [-0.2, -0.15) is 0 Å². The van der Waals surface area contributed by atoms with Gasteiger partial charge in [0.2, 0.25) is 5.91 Å². The molecule has 2 unspecified atom stereocenters. The van der Waals surface area contributed by atoms with Crippen LogP contribution in [0.3, 0.4) is 0 Å². The van der Waals surface area contributed by atoms with Crippen LogP contribution in [0.2, 0.25) is 0 Å². The lowest BCUT2D eigenvalue weighted by molar-refractivity contribution is -0.274. The predicted molar refractivity (Wildman–Crippen MR) is 130 cm³/mol. The molecule has 0 saturated heterocycles. The van der Waals surface area contributed by atoms with E-state index in [1.165, 1.54) is 19.1 Å². The molecule has 0 fully saturated rings. The number of aromatic nitrogens is 1. The number of rotatable bonds is 4. The summed E-state index contributed by atoms with van der Waals surface area (Å²) >= 11 is 0. The summed E-state index contributed by atoms with van der Waals surface area (Å²) in [6.07, 6.45) is -2.93. The minimum absolute atomic E-state index is 0.0542. The zero-order valence-electron chi connectivity index (χ0n) is 19.6. The van der Waals surface area contributed by atoms with Crippen molar-refractivity contribution in [3.05, 3.63) is 89.6 Å². The minimum Gasteiger partial charge on any atom is -0.493 e. The summed E-state index contributed by atoms with van der Waals surface area (Å²) < 4.78 is 48.1. The molecular weight excluding hydrogens is 473 g/mol. The van der Waals surface area contributed by atoms with E-state index in [4.69, 9.17) is 9.84 Å². The number of halogens is 3. The topological polar surface area (TPSA) is 83.6 Å². The number of ether oxygens (including phenoxy) is 2. The molecule has 0 aliphatic carbocycles. The molecule has 3 aromatic carbocycles. The summed E-state index contributed by atoms with van der Waals surface area (Å²) in [6.45, 7) is 1.86. The summed E-state index contributed by atoms with van der Waals surface area (Å²) in [6, 6.07) is 19.8. The summed E-state index contributed by atoms with van der Waals surface area (Å²) in [7, 11) is 1.00. The number of benzene rings is 3. The van der Waals surface area contributed by atoms with E-state index in [0.717, 1.165) is 34.9 Å². The Hall–Kier alpha value is -3.98. The molecule has 2 heterocycles. The second kappa shape index (κ2) is 10.3. The van der Waals surface area contributed by atoms with Crippen LogP contribution in [-0.2, 0) is 4.79 Å². The Bertz CT molecular complexity index is 1350. The molecular formula is C27H25F3N2O4. The molecule has 0 spiro atoms. The Kier molecular flexibility index (Phi) is 7.21. The number of aliphatic hydroxyl groups excluding tert-OH is 1. The molecule has 0 saturated carbocycles. The summed E-state index contributed by atoms with van der Waals surface area (Å²) in [5, 5.41) is 10.6. The lowest BCUT2D eigenvalue weighted by atomic mass is 9.76. The van der Waals surface area contributed by atoms with Crippen molar-refractivity contribution in [2.24, 2.45) is 0 Å². The van der Waals surface area contributed by atoms with Gasteiger partial charge in [-0.25, -0.2) is 0 Å². The predicted octanol–water partition coefficient (Wildman–Crippen LogP) is 5.94. The number of para-hydroxylation sites is 1. The van der Waals surface area contributed by atoms with Crippen LogP contribution in [0.25, 0.3) is 10.9 Å². The average Bonchev–Trinajstić information content (AvgIpc) is 3.27. The molecule has 3 N–H and O–H groups in total. The zero-order valence-corrected chi connectivity index (χ0v) is 19.6. The largest absolute Gasteiger partial charge is 0.573 e. The first-order chi connectivity index (χ1) is 17.3. The molecule has 2 atom stereocenters. The second-order valence-corrected chi connectivity index (χ2v) is 8.24. The fourth-order valence-electron chi connectivity index (χ4n) is 4.65. The maximum atomic E-state index is 12.6. The fraction of sp³-hybridized carbons (Fsp3) is 0.222. The normalized spacial score (nSPS) is 16.8. The van der Waals surface area contributed by atoms with E-state index in [-0.39, 0.29) is 23.5 Å². The van der Waals surface area contributed by atoms with Crippen LogP contribution in [0.1, 0.15) is 35.4 Å². The molecule has 9 heteroatoms. The second-order valence-electron chi connectivity index (χ2n) is 8.24. The minimum atomic E-state index is -4.75. The number of H-pyrrole nitrogens is 1. The van der Waals surface area contributed by atoms with Gasteiger partial charge in [-0.1, -0.05) is 30.3 Å². The van der Waals surface area contributed by atoms with Gasteiger partial charge in [-0.15, -0.1) is 13.2 Å². The third kappa shape index (κ3) is 5.31. The van der Waals surface area contributed by atoms with Crippen LogP contribution in [0.4, 0.5) is 18.9 Å². The molecule has 5 rings (SSSR count). The number of hydrogen-bond acceptors (Lipinski definition) is 4. The van der Waals surface area contributed by atoms with Crippen LogP contribution in [-0.4, -0.2) is 36.1 Å². The van der Waals surface area contributed by atoms with Crippen molar-refractivity contribution in [3.63, 3.8) is 0 Å². The lowest BCUT2D eigenvalue weighted by Crippen LogP contribution is -2.25. The van der Waals surface area contributed by atoms with Crippen molar-refractivity contribution in [1.29, 1.82) is 0 Å². The van der Waals surface area contributed by atoms with Gasteiger partial charge in [0.05, 0.1) is 6.61 Å². The van der Waals surface area contributed by atoms with Crippen molar-refractivity contribution in [3.8, 4) is 11.5 Å². The maximum Gasteiger partial charge on any atom is 0.573 e. The number of alkyl halides is 3. The van der Waals surface area contributed by atoms with Crippen molar-refractivity contribution in [2.45, 2.75) is 25.1 Å². The first kappa shape index (κ1) is 25.1. The van der Waals surface area contributed by atoms with Crippen molar-refractivity contribution in [2.75, 3.05) is 19.0 Å². The zero-order chi connectivity index (χ0) is 25.9. The van der Waals surface area contributed by atoms with Gasteiger partial charge in [-0.05, 0) is 41.5 Å². The van der Waals surface area contributed by atoms with Crippen LogP contribution in [0.15, 0.2) is 72.9 Å². The number of aromatic amines is 1. The van der Waals surface area contributed by atoms with E-state index in [1.807, 2.05) is 54.7 Å². The maximum absolute atomic E-state index is 12.6. The molecule has 1 aliphatic rings. The fourth-order valence-corrected chi connectivity index (χ4v) is 4.65. The van der Waals surface area contributed by atoms with Gasteiger partial charge >= 0.3 is 6.36 Å². The van der Waals surface area contributed by atoms with Gasteiger partial charge in [0.25, 0.3) is 0 Å². The summed E-state index contributed by atoms with van der Waals surface area (Å²) in [5.41, 5.74) is 4.27. The Morgan fingerprint density at radius 1 is 1.06 bits per heavy atom. The van der Waals surface area contributed by atoms with Crippen molar-refractivity contribution >= 4 is 22.5 Å². The number of hydrogen-bond donors (Lipinski definition) is 3. The summed E-state index contributed by atoms with van der Waals surface area (Å²) in [4.78, 5) is 14.5. The van der Waals surface area contributed by atoms with Gasteiger partial charge < -0.3 is 24.9 Å². The number of nitrogens with one attached hydrogen (secondary N) is 2. The number of fused-ring (bicyclic) bond motifs is 2. The number of carbonyl (C=O) groups excluding carboxylic acids is 1. The Morgan fingerprint density at radius 2 is 1.78 bits per heavy atom. The summed E-state index contributed by atoms with van der Waals surface area (Å²) in [5.74, 6) is 0.236.